The average molecular weight is 312 g/mol. The van der Waals surface area contributed by atoms with Gasteiger partial charge in [-0.2, -0.15) is 5.10 Å². The van der Waals surface area contributed by atoms with Gasteiger partial charge in [-0.05, 0) is 42.0 Å². The molecule has 0 bridgehead atoms. The molecule has 2 aromatic heterocycles. The van der Waals surface area contributed by atoms with Crippen molar-refractivity contribution in [3.05, 3.63) is 78.1 Å². The zero-order valence-electron chi connectivity index (χ0n) is 12.4. The summed E-state index contributed by atoms with van der Waals surface area (Å²) in [5.41, 5.74) is 2.61. The molecule has 1 unspecified atom stereocenters. The smallest absolute Gasteiger partial charge is 0.123 e. The quantitative estimate of drug-likeness (QED) is 0.733. The number of hydrogen-bond acceptors (Lipinski definition) is 4. The lowest BCUT2D eigenvalue weighted by atomic mass is 10.1. The number of halogens is 1. The molecule has 0 aliphatic heterocycles. The number of hydrogen-bond donors (Lipinski definition) is 2. The van der Waals surface area contributed by atoms with Crippen molar-refractivity contribution in [1.29, 1.82) is 0 Å². The van der Waals surface area contributed by atoms with Gasteiger partial charge in [0.2, 0.25) is 0 Å². The lowest BCUT2D eigenvalue weighted by Gasteiger charge is -2.11. The zero-order valence-corrected chi connectivity index (χ0v) is 12.4. The molecule has 0 spiro atoms. The maximum atomic E-state index is 12.9. The molecule has 3 rings (SSSR count). The normalized spacial score (nSPS) is 12.3. The fraction of sp³-hybridized carbons (Fsp3) is 0.176. The molecule has 118 valence electrons. The molecule has 1 aromatic carbocycles. The Morgan fingerprint density at radius 3 is 2.61 bits per heavy atom. The number of nitrogens with zero attached hydrogens (tertiary/aromatic N) is 3. The summed E-state index contributed by atoms with van der Waals surface area (Å²) in [5.74, 6) is -0.270. The Morgan fingerprint density at radius 2 is 1.87 bits per heavy atom. The number of aliphatic hydroxyl groups excluding tert-OH is 1. The predicted octanol–water partition coefficient (Wildman–Crippen LogP) is 2.23. The number of aliphatic hydroxyl groups is 1. The van der Waals surface area contributed by atoms with E-state index in [1.807, 2.05) is 6.20 Å². The van der Waals surface area contributed by atoms with E-state index >= 15 is 0 Å². The molecule has 1 atom stereocenters. The van der Waals surface area contributed by atoms with Crippen LogP contribution < -0.4 is 5.32 Å². The van der Waals surface area contributed by atoms with Crippen LogP contribution in [0.2, 0.25) is 0 Å². The van der Waals surface area contributed by atoms with Gasteiger partial charge in [-0.1, -0.05) is 0 Å². The third-order valence-electron chi connectivity index (χ3n) is 3.48. The third kappa shape index (κ3) is 4.00. The van der Waals surface area contributed by atoms with Crippen LogP contribution in [0.4, 0.5) is 4.39 Å². The van der Waals surface area contributed by atoms with E-state index in [0.29, 0.717) is 13.1 Å². The molecule has 0 aliphatic rings. The van der Waals surface area contributed by atoms with E-state index in [1.165, 1.54) is 12.1 Å². The van der Waals surface area contributed by atoms with Crippen LogP contribution in [0.3, 0.4) is 0 Å². The van der Waals surface area contributed by atoms with Crippen LogP contribution in [-0.4, -0.2) is 26.4 Å². The first kappa shape index (κ1) is 15.3. The van der Waals surface area contributed by atoms with E-state index in [-0.39, 0.29) is 5.82 Å². The molecule has 6 heteroatoms. The van der Waals surface area contributed by atoms with E-state index in [9.17, 15) is 9.50 Å². The molecular formula is C17H17FN4O. The molecule has 0 aliphatic carbocycles. The number of benzene rings is 1. The Bertz CT molecular complexity index is 743. The largest absolute Gasteiger partial charge is 0.387 e. The second-order valence-corrected chi connectivity index (χ2v) is 5.20. The molecular weight excluding hydrogens is 295 g/mol. The predicted molar refractivity (Wildman–Crippen MR) is 84.4 cm³/mol. The van der Waals surface area contributed by atoms with Crippen molar-refractivity contribution in [3.8, 4) is 5.69 Å². The molecule has 5 nitrogen and oxygen atoms in total. The first-order chi connectivity index (χ1) is 11.2. The topological polar surface area (TPSA) is 63.0 Å². The minimum atomic E-state index is -0.579. The molecule has 23 heavy (non-hydrogen) atoms. The van der Waals surface area contributed by atoms with Gasteiger partial charge in [-0.15, -0.1) is 0 Å². The van der Waals surface area contributed by atoms with Crippen molar-refractivity contribution in [2.75, 3.05) is 6.54 Å². The summed E-state index contributed by atoms with van der Waals surface area (Å²) < 4.78 is 14.6. The Kier molecular flexibility index (Phi) is 4.75. The van der Waals surface area contributed by atoms with Gasteiger partial charge in [-0.25, -0.2) is 9.07 Å². The molecule has 0 amide bonds. The van der Waals surface area contributed by atoms with E-state index < -0.39 is 6.10 Å². The third-order valence-corrected chi connectivity index (χ3v) is 3.48. The average Bonchev–Trinajstić information content (AvgIpc) is 3.05. The Balaban J connectivity index is 1.54. The maximum Gasteiger partial charge on any atom is 0.123 e. The highest BCUT2D eigenvalue weighted by Crippen LogP contribution is 2.11. The Morgan fingerprint density at radius 1 is 1.13 bits per heavy atom. The summed E-state index contributed by atoms with van der Waals surface area (Å²) >= 11 is 0. The highest BCUT2D eigenvalue weighted by Gasteiger charge is 2.07. The summed E-state index contributed by atoms with van der Waals surface area (Å²) in [6.07, 6.45) is 6.36. The van der Waals surface area contributed by atoms with Crippen molar-refractivity contribution < 1.29 is 9.50 Å². The van der Waals surface area contributed by atoms with Crippen molar-refractivity contribution in [3.63, 3.8) is 0 Å². The van der Waals surface area contributed by atoms with Crippen LogP contribution in [0.1, 0.15) is 17.2 Å². The van der Waals surface area contributed by atoms with Crippen molar-refractivity contribution in [2.45, 2.75) is 12.6 Å². The van der Waals surface area contributed by atoms with Crippen LogP contribution in [-0.2, 0) is 6.54 Å². The SMILES string of the molecule is OC(CNCc1cnn(-c2ccc(F)cc2)c1)c1ccncc1. The van der Waals surface area contributed by atoms with Crippen LogP contribution in [0, 0.1) is 5.82 Å². The van der Waals surface area contributed by atoms with E-state index in [0.717, 1.165) is 16.8 Å². The highest BCUT2D eigenvalue weighted by molar-refractivity contribution is 5.31. The minimum Gasteiger partial charge on any atom is -0.387 e. The number of aromatic nitrogens is 3. The summed E-state index contributed by atoms with van der Waals surface area (Å²) in [6, 6.07) is 9.73. The number of nitrogens with one attached hydrogen (secondary N) is 1. The maximum absolute atomic E-state index is 12.9. The molecule has 0 radical (unpaired) electrons. The summed E-state index contributed by atoms with van der Waals surface area (Å²) in [5, 5.41) is 17.5. The molecule has 2 N–H and O–H groups in total. The lowest BCUT2D eigenvalue weighted by Crippen LogP contribution is -2.20. The molecule has 3 aromatic rings. The van der Waals surface area contributed by atoms with Crippen molar-refractivity contribution in [1.82, 2.24) is 20.1 Å². The number of pyridine rings is 1. The minimum absolute atomic E-state index is 0.270. The summed E-state index contributed by atoms with van der Waals surface area (Å²) in [6.45, 7) is 1.02. The monoisotopic (exact) mass is 312 g/mol. The second-order valence-electron chi connectivity index (χ2n) is 5.20. The van der Waals surface area contributed by atoms with Crippen LogP contribution in [0.5, 0.6) is 0 Å². The van der Waals surface area contributed by atoms with Crippen molar-refractivity contribution >= 4 is 0 Å². The van der Waals surface area contributed by atoms with Gasteiger partial charge in [0, 0.05) is 37.2 Å². The highest BCUT2D eigenvalue weighted by atomic mass is 19.1. The van der Waals surface area contributed by atoms with Crippen molar-refractivity contribution in [2.24, 2.45) is 0 Å². The zero-order chi connectivity index (χ0) is 16.1. The lowest BCUT2D eigenvalue weighted by molar-refractivity contribution is 0.174. The molecule has 0 fully saturated rings. The molecule has 2 heterocycles. The first-order valence-electron chi connectivity index (χ1n) is 7.30. The van der Waals surface area contributed by atoms with Gasteiger partial charge in [0.25, 0.3) is 0 Å². The van der Waals surface area contributed by atoms with Gasteiger partial charge in [-0.3, -0.25) is 4.98 Å². The molecule has 0 saturated carbocycles. The Hall–Kier alpha value is -2.57. The van der Waals surface area contributed by atoms with Crippen LogP contribution in [0.25, 0.3) is 5.69 Å². The molecule has 0 saturated heterocycles. The van der Waals surface area contributed by atoms with Gasteiger partial charge in [0.05, 0.1) is 18.0 Å². The van der Waals surface area contributed by atoms with Gasteiger partial charge < -0.3 is 10.4 Å². The van der Waals surface area contributed by atoms with E-state index in [4.69, 9.17) is 0 Å². The van der Waals surface area contributed by atoms with E-state index in [1.54, 1.807) is 47.5 Å². The fourth-order valence-electron chi connectivity index (χ4n) is 2.24. The van der Waals surface area contributed by atoms with Crippen LogP contribution in [0.15, 0.2) is 61.2 Å². The fourth-order valence-corrected chi connectivity index (χ4v) is 2.24. The van der Waals surface area contributed by atoms with Gasteiger partial charge in [0.15, 0.2) is 0 Å². The van der Waals surface area contributed by atoms with E-state index in [2.05, 4.69) is 15.4 Å². The van der Waals surface area contributed by atoms with Gasteiger partial charge in [0.1, 0.15) is 5.82 Å². The van der Waals surface area contributed by atoms with Gasteiger partial charge >= 0.3 is 0 Å². The van der Waals surface area contributed by atoms with Crippen LogP contribution >= 0.6 is 0 Å². The summed E-state index contributed by atoms with van der Waals surface area (Å²) in [4.78, 5) is 3.93. The standard InChI is InChI=1S/C17H17FN4O/c18-15-1-3-16(4-2-15)22-12-13(10-21-22)9-20-11-17(23)14-5-7-19-8-6-14/h1-8,10,12,17,20,23H,9,11H2. The Labute approximate surface area is 133 Å². The second kappa shape index (κ2) is 7.13. The first-order valence-corrected chi connectivity index (χ1v) is 7.30. The summed E-state index contributed by atoms with van der Waals surface area (Å²) in [7, 11) is 0. The number of rotatable bonds is 6.